The van der Waals surface area contributed by atoms with Crippen LogP contribution in [0.15, 0.2) is 12.3 Å². The zero-order chi connectivity index (χ0) is 18.2. The third kappa shape index (κ3) is 3.87. The summed E-state index contributed by atoms with van der Waals surface area (Å²) in [7, 11) is 0. The number of ketones is 1. The van der Waals surface area contributed by atoms with E-state index in [2.05, 4.69) is 20.9 Å². The zero-order valence-corrected chi connectivity index (χ0v) is 16.7. The van der Waals surface area contributed by atoms with Crippen molar-refractivity contribution in [1.29, 1.82) is 0 Å². The highest BCUT2D eigenvalue weighted by Crippen LogP contribution is 2.33. The first-order valence-corrected chi connectivity index (χ1v) is 11.3. The van der Waals surface area contributed by atoms with Gasteiger partial charge in [-0.15, -0.1) is 0 Å². The number of carbonyl (C=O) groups excluding carboxylic acids is 1. The number of hydrogen-bond acceptors (Lipinski definition) is 6. The van der Waals surface area contributed by atoms with Gasteiger partial charge >= 0.3 is 0 Å². The highest BCUT2D eigenvalue weighted by molar-refractivity contribution is 7.22. The van der Waals surface area contributed by atoms with Crippen molar-refractivity contribution in [1.82, 2.24) is 14.9 Å². The van der Waals surface area contributed by atoms with Crippen LogP contribution in [0.4, 0.5) is 5.13 Å². The lowest BCUT2D eigenvalue weighted by molar-refractivity contribution is -0.119. The summed E-state index contributed by atoms with van der Waals surface area (Å²) in [6, 6.07) is 2.89. The summed E-state index contributed by atoms with van der Waals surface area (Å²) in [6.07, 6.45) is 11.2. The van der Waals surface area contributed by atoms with Crippen LogP contribution in [0.3, 0.4) is 0 Å². The average molecular weight is 385 g/mol. The van der Waals surface area contributed by atoms with Crippen molar-refractivity contribution in [3.63, 3.8) is 0 Å². The van der Waals surface area contributed by atoms with Crippen LogP contribution >= 0.6 is 11.3 Å². The molecule has 4 heterocycles. The van der Waals surface area contributed by atoms with Gasteiger partial charge in [0.1, 0.15) is 5.78 Å². The molecule has 5 rings (SSSR count). The second kappa shape index (κ2) is 7.47. The number of piperidine rings is 2. The van der Waals surface area contributed by atoms with Gasteiger partial charge in [-0.3, -0.25) is 4.79 Å². The molecule has 0 aromatic carbocycles. The summed E-state index contributed by atoms with van der Waals surface area (Å²) in [5.74, 6) is 0.694. The van der Waals surface area contributed by atoms with E-state index >= 15 is 0 Å². The van der Waals surface area contributed by atoms with E-state index in [9.17, 15) is 4.79 Å². The van der Waals surface area contributed by atoms with Gasteiger partial charge in [0.15, 0.2) is 10.8 Å². The molecule has 0 radical (unpaired) electrons. The molecule has 0 amide bonds. The molecule has 0 N–H and O–H groups in total. The first-order chi connectivity index (χ1) is 13.3. The lowest BCUT2D eigenvalue weighted by Gasteiger charge is -2.40. The van der Waals surface area contributed by atoms with Crippen molar-refractivity contribution in [3.8, 4) is 0 Å². The number of thiazole rings is 1. The number of likely N-dealkylation sites (tertiary alicyclic amines) is 1. The van der Waals surface area contributed by atoms with Crippen LogP contribution in [0.2, 0.25) is 0 Å². The number of hydrogen-bond donors (Lipinski definition) is 0. The molecule has 2 aromatic heterocycles. The molecule has 0 atom stereocenters. The Morgan fingerprint density at radius 1 is 1.07 bits per heavy atom. The van der Waals surface area contributed by atoms with E-state index in [1.54, 1.807) is 11.3 Å². The molecule has 1 saturated carbocycles. The predicted octanol–water partition coefficient (Wildman–Crippen LogP) is 3.67. The maximum Gasteiger partial charge on any atom is 0.188 e. The van der Waals surface area contributed by atoms with Gasteiger partial charge < -0.3 is 9.80 Å². The summed E-state index contributed by atoms with van der Waals surface area (Å²) in [4.78, 5) is 26.5. The van der Waals surface area contributed by atoms with Gasteiger partial charge in [0.2, 0.25) is 0 Å². The van der Waals surface area contributed by atoms with Gasteiger partial charge in [-0.1, -0.05) is 17.8 Å². The summed E-state index contributed by atoms with van der Waals surface area (Å²) in [6.45, 7) is 4.76. The molecule has 6 heteroatoms. The zero-order valence-electron chi connectivity index (χ0n) is 15.9. The van der Waals surface area contributed by atoms with Crippen molar-refractivity contribution < 1.29 is 4.79 Å². The largest absolute Gasteiger partial charge is 0.348 e. The van der Waals surface area contributed by atoms with Crippen LogP contribution in [-0.4, -0.2) is 52.9 Å². The van der Waals surface area contributed by atoms with Crippen LogP contribution in [0.5, 0.6) is 0 Å². The van der Waals surface area contributed by atoms with E-state index < -0.39 is 0 Å². The van der Waals surface area contributed by atoms with Crippen molar-refractivity contribution >= 4 is 32.6 Å². The standard InChI is InChI=1S/C21H28N4OS/c26-18(16-4-5-16)12-15-13-19-20(22-14-15)23-21(27-19)25-10-6-17(7-11-25)24-8-2-1-3-9-24/h13-14,16-17H,1-12H2. The van der Waals surface area contributed by atoms with E-state index in [0.717, 1.165) is 53.0 Å². The number of pyridine rings is 1. The van der Waals surface area contributed by atoms with Gasteiger partial charge in [-0.25, -0.2) is 4.98 Å². The van der Waals surface area contributed by atoms with E-state index in [-0.39, 0.29) is 0 Å². The van der Waals surface area contributed by atoms with E-state index in [1.807, 2.05) is 6.20 Å². The number of fused-ring (bicyclic) bond motifs is 1. The van der Waals surface area contributed by atoms with Crippen LogP contribution in [0.1, 0.15) is 50.5 Å². The van der Waals surface area contributed by atoms with Gasteiger partial charge in [-0.2, -0.15) is 4.98 Å². The molecule has 2 aromatic rings. The van der Waals surface area contributed by atoms with Gasteiger partial charge in [-0.05, 0) is 63.2 Å². The molecular formula is C21H28N4OS. The van der Waals surface area contributed by atoms with E-state index in [1.165, 1.54) is 45.2 Å². The van der Waals surface area contributed by atoms with Crippen molar-refractivity contribution in [3.05, 3.63) is 17.8 Å². The summed E-state index contributed by atoms with van der Waals surface area (Å²) < 4.78 is 1.12. The Morgan fingerprint density at radius 2 is 1.85 bits per heavy atom. The minimum absolute atomic E-state index is 0.318. The minimum Gasteiger partial charge on any atom is -0.348 e. The number of rotatable bonds is 5. The Bertz CT molecular complexity index is 817. The Kier molecular flexibility index (Phi) is 4.86. The second-order valence-corrected chi connectivity index (χ2v) is 9.40. The molecule has 1 aliphatic carbocycles. The van der Waals surface area contributed by atoms with Gasteiger partial charge in [0, 0.05) is 37.7 Å². The fraction of sp³-hybridized carbons (Fsp3) is 0.667. The third-order valence-electron chi connectivity index (χ3n) is 6.35. The lowest BCUT2D eigenvalue weighted by atomic mass is 10.0. The molecule has 3 fully saturated rings. The molecule has 144 valence electrons. The van der Waals surface area contributed by atoms with Crippen molar-refractivity contribution in [2.75, 3.05) is 31.1 Å². The van der Waals surface area contributed by atoms with Crippen LogP contribution in [0, 0.1) is 5.92 Å². The average Bonchev–Trinajstić information content (AvgIpc) is 3.48. The van der Waals surface area contributed by atoms with E-state index in [0.29, 0.717) is 18.1 Å². The predicted molar refractivity (Wildman–Crippen MR) is 110 cm³/mol. The molecule has 0 spiro atoms. The Labute approximate surface area is 164 Å². The summed E-state index contributed by atoms with van der Waals surface area (Å²) in [5.41, 5.74) is 1.87. The fourth-order valence-corrected chi connectivity index (χ4v) is 5.58. The first-order valence-electron chi connectivity index (χ1n) is 10.5. The highest BCUT2D eigenvalue weighted by Gasteiger charge is 2.29. The van der Waals surface area contributed by atoms with E-state index in [4.69, 9.17) is 4.98 Å². The number of carbonyl (C=O) groups is 1. The fourth-order valence-electron chi connectivity index (χ4n) is 4.54. The molecule has 0 bridgehead atoms. The second-order valence-electron chi connectivity index (χ2n) is 8.39. The minimum atomic E-state index is 0.318. The maximum absolute atomic E-state index is 12.1. The number of anilines is 1. The van der Waals surface area contributed by atoms with Gasteiger partial charge in [0.05, 0.1) is 4.70 Å². The lowest BCUT2D eigenvalue weighted by Crippen LogP contribution is -2.46. The topological polar surface area (TPSA) is 49.3 Å². The Hall–Kier alpha value is -1.53. The highest BCUT2D eigenvalue weighted by atomic mass is 32.1. The number of Topliss-reactive ketones (excluding diaryl/α,β-unsaturated/α-hetero) is 1. The number of aromatic nitrogens is 2. The molecule has 3 aliphatic rings. The van der Waals surface area contributed by atoms with Crippen molar-refractivity contribution in [2.24, 2.45) is 5.92 Å². The first kappa shape index (κ1) is 17.6. The third-order valence-corrected chi connectivity index (χ3v) is 7.40. The van der Waals surface area contributed by atoms with Gasteiger partial charge in [0.25, 0.3) is 0 Å². The molecule has 0 unspecified atom stereocenters. The van der Waals surface area contributed by atoms with Crippen molar-refractivity contribution in [2.45, 2.75) is 57.4 Å². The molecule has 2 aliphatic heterocycles. The van der Waals surface area contributed by atoms with Crippen LogP contribution in [-0.2, 0) is 11.2 Å². The quantitative estimate of drug-likeness (QED) is 0.787. The summed E-state index contributed by atoms with van der Waals surface area (Å²) in [5, 5.41) is 1.10. The Morgan fingerprint density at radius 3 is 2.59 bits per heavy atom. The SMILES string of the molecule is O=C(Cc1cnc2nc(N3CCC(N4CCCCC4)CC3)sc2c1)C1CC1. The maximum atomic E-state index is 12.1. The summed E-state index contributed by atoms with van der Waals surface area (Å²) >= 11 is 1.73. The molecule has 5 nitrogen and oxygen atoms in total. The normalized spacial score (nSPS) is 22.4. The Balaban J connectivity index is 1.24. The monoisotopic (exact) mass is 384 g/mol. The smallest absolute Gasteiger partial charge is 0.188 e. The molecule has 27 heavy (non-hydrogen) atoms. The van der Waals surface area contributed by atoms with Crippen LogP contribution < -0.4 is 4.90 Å². The number of nitrogens with zero attached hydrogens (tertiary/aromatic N) is 4. The molecular weight excluding hydrogens is 356 g/mol. The molecule has 2 saturated heterocycles. The van der Waals surface area contributed by atoms with Crippen LogP contribution in [0.25, 0.3) is 10.3 Å².